The standard InChI is InChI=1S/C14H10N4O3/c1-2-21-13-4-3-10(5-11(13)14(19)20)18-12(8-17)9(6-15)7-16/h3-5,18H,2H2,1H3,(H,19,20). The minimum Gasteiger partial charge on any atom is -0.493 e. The number of carboxylic acids is 1. The first-order valence-electron chi connectivity index (χ1n) is 5.79. The molecule has 21 heavy (non-hydrogen) atoms. The van der Waals surface area contributed by atoms with Crippen LogP contribution in [-0.4, -0.2) is 17.7 Å². The lowest BCUT2D eigenvalue weighted by atomic mass is 10.1. The number of hydrogen-bond acceptors (Lipinski definition) is 6. The van der Waals surface area contributed by atoms with Gasteiger partial charge in [-0.2, -0.15) is 15.8 Å². The van der Waals surface area contributed by atoms with Crippen molar-refractivity contribution in [2.45, 2.75) is 6.92 Å². The summed E-state index contributed by atoms with van der Waals surface area (Å²) in [7, 11) is 0. The average Bonchev–Trinajstić information content (AvgIpc) is 2.48. The van der Waals surface area contributed by atoms with Crippen molar-refractivity contribution in [2.75, 3.05) is 11.9 Å². The number of anilines is 1. The van der Waals surface area contributed by atoms with Crippen LogP contribution in [0.5, 0.6) is 5.75 Å². The number of aromatic carboxylic acids is 1. The average molecular weight is 282 g/mol. The van der Waals surface area contributed by atoms with Crippen molar-refractivity contribution >= 4 is 11.7 Å². The van der Waals surface area contributed by atoms with E-state index in [2.05, 4.69) is 5.32 Å². The van der Waals surface area contributed by atoms with Gasteiger partial charge in [-0.15, -0.1) is 0 Å². The van der Waals surface area contributed by atoms with E-state index < -0.39 is 5.97 Å². The van der Waals surface area contributed by atoms with Crippen molar-refractivity contribution in [1.82, 2.24) is 0 Å². The Morgan fingerprint density at radius 3 is 2.43 bits per heavy atom. The van der Waals surface area contributed by atoms with Gasteiger partial charge in [0.2, 0.25) is 0 Å². The molecule has 7 nitrogen and oxygen atoms in total. The van der Waals surface area contributed by atoms with Crippen LogP contribution in [0.15, 0.2) is 29.5 Å². The molecule has 0 aromatic heterocycles. The summed E-state index contributed by atoms with van der Waals surface area (Å²) in [5.74, 6) is -0.996. The maximum Gasteiger partial charge on any atom is 0.339 e. The molecule has 0 aliphatic rings. The lowest BCUT2D eigenvalue weighted by molar-refractivity contribution is 0.0692. The third-order valence-electron chi connectivity index (χ3n) is 2.36. The molecule has 0 aliphatic carbocycles. The lowest BCUT2D eigenvalue weighted by Gasteiger charge is -2.10. The van der Waals surface area contributed by atoms with Gasteiger partial charge in [0.1, 0.15) is 35.2 Å². The van der Waals surface area contributed by atoms with Gasteiger partial charge in [0.05, 0.1) is 6.61 Å². The minimum absolute atomic E-state index is 0.0883. The van der Waals surface area contributed by atoms with Gasteiger partial charge in [0.15, 0.2) is 5.57 Å². The highest BCUT2D eigenvalue weighted by molar-refractivity contribution is 5.92. The third-order valence-corrected chi connectivity index (χ3v) is 2.36. The number of benzene rings is 1. The molecule has 0 bridgehead atoms. The zero-order valence-corrected chi connectivity index (χ0v) is 11.0. The van der Waals surface area contributed by atoms with Crippen LogP contribution in [0.3, 0.4) is 0 Å². The third kappa shape index (κ3) is 3.73. The normalized spacial score (nSPS) is 8.67. The molecule has 104 valence electrons. The van der Waals surface area contributed by atoms with Gasteiger partial charge in [-0.3, -0.25) is 0 Å². The highest BCUT2D eigenvalue weighted by Crippen LogP contribution is 2.24. The number of nitrogens with one attached hydrogen (secondary N) is 1. The van der Waals surface area contributed by atoms with Crippen LogP contribution in [0.25, 0.3) is 0 Å². The monoisotopic (exact) mass is 282 g/mol. The highest BCUT2D eigenvalue weighted by atomic mass is 16.5. The number of hydrogen-bond donors (Lipinski definition) is 2. The Kier molecular flexibility index (Phi) is 5.32. The van der Waals surface area contributed by atoms with Crippen molar-refractivity contribution in [1.29, 1.82) is 15.8 Å². The molecular weight excluding hydrogens is 272 g/mol. The molecule has 0 radical (unpaired) electrons. The molecule has 1 aromatic carbocycles. The van der Waals surface area contributed by atoms with Gasteiger partial charge < -0.3 is 15.2 Å². The molecule has 0 fully saturated rings. The van der Waals surface area contributed by atoms with Gasteiger partial charge in [0, 0.05) is 5.69 Å². The smallest absolute Gasteiger partial charge is 0.339 e. The number of allylic oxidation sites excluding steroid dienone is 2. The molecule has 0 aliphatic heterocycles. The van der Waals surface area contributed by atoms with Crippen molar-refractivity contribution in [3.05, 3.63) is 35.0 Å². The van der Waals surface area contributed by atoms with Gasteiger partial charge in [-0.25, -0.2) is 4.79 Å². The zero-order chi connectivity index (χ0) is 15.8. The number of nitrogens with zero attached hydrogens (tertiary/aromatic N) is 3. The van der Waals surface area contributed by atoms with Gasteiger partial charge in [-0.1, -0.05) is 0 Å². The first-order chi connectivity index (χ1) is 10.1. The Balaban J connectivity index is 3.24. The predicted octanol–water partition coefficient (Wildman–Crippen LogP) is 2.02. The number of rotatable bonds is 5. The van der Waals surface area contributed by atoms with Crippen LogP contribution in [-0.2, 0) is 0 Å². The Labute approximate surface area is 120 Å². The second kappa shape index (κ2) is 7.18. The summed E-state index contributed by atoms with van der Waals surface area (Å²) >= 11 is 0. The second-order valence-electron chi connectivity index (χ2n) is 3.66. The largest absolute Gasteiger partial charge is 0.493 e. The predicted molar refractivity (Wildman–Crippen MR) is 72.1 cm³/mol. The van der Waals surface area contributed by atoms with Crippen molar-refractivity contribution < 1.29 is 14.6 Å². The summed E-state index contributed by atoms with van der Waals surface area (Å²) in [5, 5.41) is 38.0. The second-order valence-corrected chi connectivity index (χ2v) is 3.66. The summed E-state index contributed by atoms with van der Waals surface area (Å²) in [4.78, 5) is 11.2. The first-order valence-corrected chi connectivity index (χ1v) is 5.79. The Morgan fingerprint density at radius 2 is 1.95 bits per heavy atom. The maximum atomic E-state index is 11.2. The van der Waals surface area contributed by atoms with E-state index in [-0.39, 0.29) is 28.3 Å². The van der Waals surface area contributed by atoms with Crippen LogP contribution >= 0.6 is 0 Å². The van der Waals surface area contributed by atoms with Crippen molar-refractivity contribution in [2.24, 2.45) is 0 Å². The number of nitriles is 3. The van der Waals surface area contributed by atoms with Crippen LogP contribution < -0.4 is 10.1 Å². The van der Waals surface area contributed by atoms with E-state index >= 15 is 0 Å². The summed E-state index contributed by atoms with van der Waals surface area (Å²) in [6.45, 7) is 2.03. The maximum absolute atomic E-state index is 11.2. The molecule has 0 unspecified atom stereocenters. The van der Waals surface area contributed by atoms with E-state index in [0.717, 1.165) is 0 Å². The molecule has 2 N–H and O–H groups in total. The van der Waals surface area contributed by atoms with E-state index in [4.69, 9.17) is 25.6 Å². The van der Waals surface area contributed by atoms with Crippen LogP contribution in [0.4, 0.5) is 5.69 Å². The molecule has 0 saturated carbocycles. The molecule has 1 rings (SSSR count). The van der Waals surface area contributed by atoms with Gasteiger partial charge >= 0.3 is 5.97 Å². The van der Waals surface area contributed by atoms with E-state index in [1.807, 2.05) is 0 Å². The number of carboxylic acid groups (broad SMARTS) is 1. The lowest BCUT2D eigenvalue weighted by Crippen LogP contribution is -2.06. The topological polar surface area (TPSA) is 130 Å². The molecule has 0 amide bonds. The molecule has 0 heterocycles. The van der Waals surface area contributed by atoms with Crippen LogP contribution in [0.1, 0.15) is 17.3 Å². The minimum atomic E-state index is -1.19. The fourth-order valence-corrected chi connectivity index (χ4v) is 1.48. The Hall–Kier alpha value is -3.50. The van der Waals surface area contributed by atoms with E-state index in [1.54, 1.807) is 25.1 Å². The zero-order valence-electron chi connectivity index (χ0n) is 11.0. The van der Waals surface area contributed by atoms with Gasteiger partial charge in [0.25, 0.3) is 0 Å². The van der Waals surface area contributed by atoms with Crippen molar-refractivity contribution in [3.63, 3.8) is 0 Å². The van der Waals surface area contributed by atoms with Gasteiger partial charge in [-0.05, 0) is 25.1 Å². The summed E-state index contributed by atoms with van der Waals surface area (Å²) < 4.78 is 5.18. The summed E-state index contributed by atoms with van der Waals surface area (Å²) in [6.07, 6.45) is 0. The fourth-order valence-electron chi connectivity index (χ4n) is 1.48. The molecule has 0 saturated heterocycles. The van der Waals surface area contributed by atoms with E-state index in [1.165, 1.54) is 18.2 Å². The summed E-state index contributed by atoms with van der Waals surface area (Å²) in [6, 6.07) is 9.04. The molecule has 0 atom stereocenters. The Morgan fingerprint density at radius 1 is 1.29 bits per heavy atom. The SMILES string of the molecule is CCOc1ccc(NC(C#N)=C(C#N)C#N)cc1C(=O)O. The quantitative estimate of drug-likeness (QED) is 0.790. The number of carbonyl (C=O) groups is 1. The molecule has 1 aromatic rings. The van der Waals surface area contributed by atoms with E-state index in [9.17, 15) is 4.79 Å². The molecular formula is C14H10N4O3. The highest BCUT2D eigenvalue weighted by Gasteiger charge is 2.13. The van der Waals surface area contributed by atoms with Crippen molar-refractivity contribution in [3.8, 4) is 24.0 Å². The molecule has 0 spiro atoms. The number of ether oxygens (including phenoxy) is 1. The van der Waals surface area contributed by atoms with Crippen LogP contribution in [0, 0.1) is 34.0 Å². The molecule has 7 heteroatoms. The van der Waals surface area contributed by atoms with E-state index in [0.29, 0.717) is 6.61 Å². The fraction of sp³-hybridized carbons (Fsp3) is 0.143. The first kappa shape index (κ1) is 15.6. The Bertz CT molecular complexity index is 701. The van der Waals surface area contributed by atoms with Crippen LogP contribution in [0.2, 0.25) is 0 Å². The summed E-state index contributed by atoms with van der Waals surface area (Å²) in [5.41, 5.74) is -0.464.